The maximum absolute atomic E-state index is 11.0. The molecule has 2 aromatic heterocycles. The quantitative estimate of drug-likeness (QED) is 0.467. The Hall–Kier alpha value is -1.05. The summed E-state index contributed by atoms with van der Waals surface area (Å²) < 4.78 is 23.1. The zero-order chi connectivity index (χ0) is 14.4. The first-order valence-electron chi connectivity index (χ1n) is 4.87. The molecule has 0 amide bonds. The van der Waals surface area contributed by atoms with Gasteiger partial charge in [-0.3, -0.25) is 9.13 Å². The Morgan fingerprint density at radius 1 is 1.11 bits per heavy atom. The Morgan fingerprint density at radius 2 is 1.74 bits per heavy atom. The molecule has 0 aromatic carbocycles. The van der Waals surface area contributed by atoms with Crippen molar-refractivity contribution in [3.63, 3.8) is 0 Å². The van der Waals surface area contributed by atoms with Gasteiger partial charge in [-0.1, -0.05) is 6.07 Å². The first kappa shape index (κ1) is 14.4. The van der Waals surface area contributed by atoms with Gasteiger partial charge in [0.25, 0.3) is 0 Å². The first-order chi connectivity index (χ1) is 8.59. The summed E-state index contributed by atoms with van der Waals surface area (Å²) in [5.41, 5.74) is -0.370. The van der Waals surface area contributed by atoms with E-state index in [-0.39, 0.29) is 11.2 Å². The number of nitrogens with zero attached hydrogens (tertiary/aromatic N) is 2. The van der Waals surface area contributed by atoms with Crippen LogP contribution in [0.1, 0.15) is 11.4 Å². The lowest BCUT2D eigenvalue weighted by Gasteiger charge is -2.12. The molecular formula is C8H10N2O7P2. The molecule has 0 aliphatic rings. The number of fused-ring (bicyclic) bond motifs is 1. The fourth-order valence-electron chi connectivity index (χ4n) is 1.48. The van der Waals surface area contributed by atoms with Crippen molar-refractivity contribution in [2.45, 2.75) is 5.85 Å². The van der Waals surface area contributed by atoms with Gasteiger partial charge in [-0.05, 0) is 6.07 Å². The van der Waals surface area contributed by atoms with Crippen LogP contribution in [0, 0.1) is 0 Å². The summed E-state index contributed by atoms with van der Waals surface area (Å²) in [6, 6.07) is 2.50. The predicted molar refractivity (Wildman–Crippen MR) is 63.9 cm³/mol. The van der Waals surface area contributed by atoms with Crippen LogP contribution in [0.3, 0.4) is 0 Å². The molecule has 5 N–H and O–H groups in total. The van der Waals surface area contributed by atoms with Gasteiger partial charge < -0.3 is 29.1 Å². The molecule has 104 valence electrons. The number of rotatable bonds is 3. The molecule has 0 aliphatic heterocycles. The molecule has 0 saturated heterocycles. The van der Waals surface area contributed by atoms with E-state index in [0.717, 1.165) is 12.4 Å². The number of aliphatic hydroxyl groups is 1. The second kappa shape index (κ2) is 4.50. The average molecular weight is 308 g/mol. The Balaban J connectivity index is 2.53. The molecular weight excluding hydrogens is 298 g/mol. The second-order valence-corrected chi connectivity index (χ2v) is 7.05. The van der Waals surface area contributed by atoms with Crippen molar-refractivity contribution in [2.75, 3.05) is 0 Å². The molecule has 0 spiro atoms. The van der Waals surface area contributed by atoms with E-state index in [4.69, 9.17) is 19.6 Å². The third kappa shape index (κ3) is 2.93. The molecule has 19 heavy (non-hydrogen) atoms. The van der Waals surface area contributed by atoms with Gasteiger partial charge in [0.15, 0.2) is 11.3 Å². The number of hydrogen-bond donors (Lipinski definition) is 5. The molecule has 0 saturated carbocycles. The second-order valence-electron chi connectivity index (χ2n) is 3.83. The number of aromatic nitrogens is 2. The minimum absolute atomic E-state index is 0.0875. The standard InChI is InChI=1S/C8H10N2O7P2/c11-8(19(15,16)17)5-1-2-6-9-7(18(12,13)14)4-10(6)3-5/h1-4,8,11H,(H2,12,13,14)(H2,15,16,17). The van der Waals surface area contributed by atoms with E-state index in [2.05, 4.69) is 4.98 Å². The highest BCUT2D eigenvalue weighted by Gasteiger charge is 2.29. The minimum atomic E-state index is -4.71. The molecule has 0 radical (unpaired) electrons. The molecule has 0 aliphatic carbocycles. The fourth-order valence-corrected chi connectivity index (χ4v) is 2.53. The monoisotopic (exact) mass is 308 g/mol. The Kier molecular flexibility index (Phi) is 3.40. The third-order valence-corrected chi connectivity index (χ3v) is 4.12. The van der Waals surface area contributed by atoms with Crippen molar-refractivity contribution in [3.8, 4) is 0 Å². The number of aliphatic hydroxyl groups excluding tert-OH is 1. The highest BCUT2D eigenvalue weighted by Crippen LogP contribution is 2.49. The van der Waals surface area contributed by atoms with Crippen LogP contribution < -0.4 is 5.44 Å². The van der Waals surface area contributed by atoms with Gasteiger partial charge in [0, 0.05) is 18.0 Å². The number of hydrogen-bond acceptors (Lipinski definition) is 4. The van der Waals surface area contributed by atoms with Crippen molar-refractivity contribution >= 4 is 26.3 Å². The van der Waals surface area contributed by atoms with E-state index in [1.54, 1.807) is 0 Å². The normalized spacial score (nSPS) is 14.8. The van der Waals surface area contributed by atoms with Crippen LogP contribution in [-0.2, 0) is 9.13 Å². The molecule has 0 bridgehead atoms. The largest absolute Gasteiger partial charge is 0.376 e. The average Bonchev–Trinajstić information content (AvgIpc) is 2.68. The van der Waals surface area contributed by atoms with Crippen LogP contribution in [0.5, 0.6) is 0 Å². The van der Waals surface area contributed by atoms with E-state index < -0.39 is 26.5 Å². The van der Waals surface area contributed by atoms with Crippen molar-refractivity contribution in [1.82, 2.24) is 9.38 Å². The smallest absolute Gasteiger partial charge is 0.376 e. The summed E-state index contributed by atoms with van der Waals surface area (Å²) in [4.78, 5) is 39.3. The fraction of sp³-hybridized carbons (Fsp3) is 0.125. The van der Waals surface area contributed by atoms with Gasteiger partial charge in [0.05, 0.1) is 0 Å². The van der Waals surface area contributed by atoms with Crippen molar-refractivity contribution in [3.05, 3.63) is 30.1 Å². The van der Waals surface area contributed by atoms with Gasteiger partial charge in [0.1, 0.15) is 5.65 Å². The SMILES string of the molecule is O=P(O)(O)c1cn2cc(C(O)P(=O)(O)O)ccc2n1. The van der Waals surface area contributed by atoms with E-state index >= 15 is 0 Å². The van der Waals surface area contributed by atoms with Crippen molar-refractivity contribution < 1.29 is 33.8 Å². The zero-order valence-corrected chi connectivity index (χ0v) is 11.0. The first-order valence-corrected chi connectivity index (χ1v) is 8.16. The summed E-state index contributed by atoms with van der Waals surface area (Å²) in [6.45, 7) is 0. The van der Waals surface area contributed by atoms with Gasteiger partial charge in [-0.15, -0.1) is 0 Å². The maximum atomic E-state index is 11.0. The molecule has 2 heterocycles. The van der Waals surface area contributed by atoms with Crippen LogP contribution in [0.2, 0.25) is 0 Å². The molecule has 0 fully saturated rings. The predicted octanol–water partition coefficient (Wildman–Crippen LogP) is -0.694. The molecule has 1 atom stereocenters. The van der Waals surface area contributed by atoms with Crippen LogP contribution in [0.4, 0.5) is 0 Å². The molecule has 11 heteroatoms. The van der Waals surface area contributed by atoms with Gasteiger partial charge in [-0.25, -0.2) is 4.98 Å². The van der Waals surface area contributed by atoms with Crippen molar-refractivity contribution in [2.24, 2.45) is 0 Å². The van der Waals surface area contributed by atoms with E-state index in [9.17, 15) is 14.2 Å². The molecule has 1 unspecified atom stereocenters. The lowest BCUT2D eigenvalue weighted by molar-refractivity contribution is 0.205. The summed E-state index contributed by atoms with van der Waals surface area (Å²) in [7, 11) is -9.22. The van der Waals surface area contributed by atoms with E-state index in [0.29, 0.717) is 0 Å². The summed E-state index contributed by atoms with van der Waals surface area (Å²) in [5, 5.41) is 9.43. The third-order valence-electron chi connectivity index (χ3n) is 2.38. The van der Waals surface area contributed by atoms with E-state index in [1.807, 2.05) is 0 Å². The number of pyridine rings is 1. The topological polar surface area (TPSA) is 153 Å². The summed E-state index contributed by atoms with van der Waals surface area (Å²) >= 11 is 0. The minimum Gasteiger partial charge on any atom is -0.376 e. The van der Waals surface area contributed by atoms with Gasteiger partial charge in [-0.2, -0.15) is 0 Å². The van der Waals surface area contributed by atoms with Crippen LogP contribution in [-0.4, -0.2) is 34.1 Å². The lowest BCUT2D eigenvalue weighted by Crippen LogP contribution is -2.03. The summed E-state index contributed by atoms with van der Waals surface area (Å²) in [6.07, 6.45) is 2.18. The highest BCUT2D eigenvalue weighted by atomic mass is 31.2. The molecule has 9 nitrogen and oxygen atoms in total. The summed E-state index contributed by atoms with van der Waals surface area (Å²) in [5.74, 6) is -2.00. The van der Waals surface area contributed by atoms with Crippen LogP contribution in [0.15, 0.2) is 24.5 Å². The number of imidazole rings is 1. The van der Waals surface area contributed by atoms with Crippen molar-refractivity contribution in [1.29, 1.82) is 0 Å². The maximum Gasteiger partial charge on any atom is 0.376 e. The van der Waals surface area contributed by atoms with Crippen LogP contribution in [0.25, 0.3) is 5.65 Å². The molecule has 2 rings (SSSR count). The lowest BCUT2D eigenvalue weighted by atomic mass is 10.3. The zero-order valence-electron chi connectivity index (χ0n) is 9.23. The highest BCUT2D eigenvalue weighted by molar-refractivity contribution is 7.60. The Morgan fingerprint density at radius 3 is 2.26 bits per heavy atom. The Labute approximate surface area is 106 Å². The van der Waals surface area contributed by atoms with Crippen LogP contribution >= 0.6 is 15.2 Å². The Bertz CT molecular complexity index is 715. The van der Waals surface area contributed by atoms with Gasteiger partial charge >= 0.3 is 15.2 Å². The molecule has 2 aromatic rings. The van der Waals surface area contributed by atoms with Gasteiger partial charge in [0.2, 0.25) is 0 Å². The van der Waals surface area contributed by atoms with E-state index in [1.165, 1.54) is 16.5 Å².